The minimum Gasteiger partial charge on any atom is -0.508 e. The summed E-state index contributed by atoms with van der Waals surface area (Å²) >= 11 is 0. The second kappa shape index (κ2) is 11.6. The first-order valence-corrected chi connectivity index (χ1v) is 16.0. The number of rotatable bonds is 7. The molecule has 3 saturated heterocycles. The number of hydrogen-bond acceptors (Lipinski definition) is 8. The number of halogens is 3. The largest absolute Gasteiger partial charge is 0.508 e. The van der Waals surface area contributed by atoms with Crippen LogP contribution in [0.4, 0.5) is 19.0 Å². The molecule has 0 bridgehead atoms. The molecule has 3 aliphatic rings. The highest BCUT2D eigenvalue weighted by atomic mass is 19.1. The van der Waals surface area contributed by atoms with Crippen LogP contribution in [0, 0.1) is 11.6 Å². The van der Waals surface area contributed by atoms with Crippen molar-refractivity contribution >= 4 is 27.5 Å². The molecule has 5 heterocycles. The fraction of sp³-hybridized carbons (Fsp3) is 0.500. The van der Waals surface area contributed by atoms with Crippen LogP contribution in [0.25, 0.3) is 32.9 Å². The van der Waals surface area contributed by atoms with Gasteiger partial charge in [0.1, 0.15) is 41.4 Å². The van der Waals surface area contributed by atoms with Gasteiger partial charge in [0.15, 0.2) is 5.82 Å². The molecule has 0 saturated carbocycles. The lowest BCUT2D eigenvalue weighted by Crippen LogP contribution is -2.52. The van der Waals surface area contributed by atoms with Gasteiger partial charge in [0.2, 0.25) is 0 Å². The van der Waals surface area contributed by atoms with Crippen LogP contribution in [0.5, 0.6) is 11.8 Å². The molecule has 1 N–H and O–H groups in total. The summed E-state index contributed by atoms with van der Waals surface area (Å²) in [4.78, 5) is 20.6. The molecule has 3 fully saturated rings. The maximum atomic E-state index is 16.8. The molecule has 238 valence electrons. The topological polar surface area (TPSA) is 77.9 Å². The van der Waals surface area contributed by atoms with Gasteiger partial charge in [0, 0.05) is 50.4 Å². The standard InChI is InChI=1S/C34H39F3N6O2/c1-4-24-27(36)8-7-21-13-23(44)14-25(28(21)24)30-29(37)31-26(16-38-30)32(42-12-11-41(5-2)20(3)17-42)40-33(39-31)45-19-34-9-6-10-43(34)18-22(35)15-34/h7-8,13-14,16,20,22,44H,4-6,9-12,15,17-19H2,1-3H3/t20-,22-,34+/m1/s1. The lowest BCUT2D eigenvalue weighted by Gasteiger charge is -2.40. The summed E-state index contributed by atoms with van der Waals surface area (Å²) in [5.41, 5.74) is 0.283. The number of pyridine rings is 1. The molecule has 3 atom stereocenters. The van der Waals surface area contributed by atoms with Crippen LogP contribution < -0.4 is 9.64 Å². The number of likely N-dealkylation sites (N-methyl/N-ethyl adjacent to an activating group) is 1. The monoisotopic (exact) mass is 620 g/mol. The third-order valence-electron chi connectivity index (χ3n) is 10.1. The number of hydrogen-bond donors (Lipinski definition) is 1. The highest BCUT2D eigenvalue weighted by Crippen LogP contribution is 2.42. The van der Waals surface area contributed by atoms with E-state index in [0.717, 1.165) is 32.5 Å². The Bertz CT molecular complexity index is 1770. The van der Waals surface area contributed by atoms with Gasteiger partial charge >= 0.3 is 6.01 Å². The van der Waals surface area contributed by atoms with Gasteiger partial charge in [-0.1, -0.05) is 19.9 Å². The van der Waals surface area contributed by atoms with Gasteiger partial charge < -0.3 is 14.7 Å². The van der Waals surface area contributed by atoms with E-state index in [4.69, 9.17) is 9.72 Å². The number of ether oxygens (including phenoxy) is 1. The molecule has 2 aromatic carbocycles. The van der Waals surface area contributed by atoms with Gasteiger partial charge in [-0.2, -0.15) is 9.97 Å². The van der Waals surface area contributed by atoms with Crippen molar-refractivity contribution in [3.8, 4) is 23.0 Å². The van der Waals surface area contributed by atoms with Crippen LogP contribution in [0.15, 0.2) is 30.5 Å². The van der Waals surface area contributed by atoms with Crippen LogP contribution in [0.3, 0.4) is 0 Å². The van der Waals surface area contributed by atoms with E-state index in [1.54, 1.807) is 12.3 Å². The first-order valence-electron chi connectivity index (χ1n) is 16.0. The Morgan fingerprint density at radius 1 is 1.09 bits per heavy atom. The van der Waals surface area contributed by atoms with Crippen molar-refractivity contribution in [2.45, 2.75) is 64.2 Å². The van der Waals surface area contributed by atoms with Gasteiger partial charge in [-0.3, -0.25) is 14.8 Å². The predicted molar refractivity (Wildman–Crippen MR) is 169 cm³/mol. The van der Waals surface area contributed by atoms with E-state index in [1.165, 1.54) is 18.2 Å². The van der Waals surface area contributed by atoms with Crippen molar-refractivity contribution in [3.05, 3.63) is 47.7 Å². The molecule has 45 heavy (non-hydrogen) atoms. The lowest BCUT2D eigenvalue weighted by atomic mass is 9.94. The van der Waals surface area contributed by atoms with Gasteiger partial charge in [0.25, 0.3) is 0 Å². The van der Waals surface area contributed by atoms with Crippen molar-refractivity contribution in [1.82, 2.24) is 24.8 Å². The minimum atomic E-state index is -0.903. The van der Waals surface area contributed by atoms with Crippen molar-refractivity contribution in [2.75, 3.05) is 50.8 Å². The Balaban J connectivity index is 1.37. The zero-order chi connectivity index (χ0) is 31.5. The Morgan fingerprint density at radius 2 is 1.93 bits per heavy atom. The number of benzene rings is 2. The summed E-state index contributed by atoms with van der Waals surface area (Å²) < 4.78 is 52.5. The first-order chi connectivity index (χ1) is 21.7. The highest BCUT2D eigenvalue weighted by molar-refractivity contribution is 6.01. The van der Waals surface area contributed by atoms with Crippen molar-refractivity contribution in [1.29, 1.82) is 0 Å². The molecule has 0 radical (unpaired) electrons. The number of aromatic hydroxyl groups is 1. The number of fused-ring (bicyclic) bond motifs is 3. The number of aryl methyl sites for hydroxylation is 1. The third kappa shape index (κ3) is 5.13. The molecule has 0 amide bonds. The Hall–Kier alpha value is -3.70. The molecule has 3 aliphatic heterocycles. The van der Waals surface area contributed by atoms with Crippen LogP contribution in [0.1, 0.15) is 45.6 Å². The van der Waals surface area contributed by atoms with Crippen molar-refractivity contribution in [3.63, 3.8) is 0 Å². The molecule has 7 rings (SSSR count). The molecule has 0 aliphatic carbocycles. The van der Waals surface area contributed by atoms with Crippen LogP contribution in [-0.2, 0) is 6.42 Å². The van der Waals surface area contributed by atoms with Crippen molar-refractivity contribution in [2.24, 2.45) is 0 Å². The molecule has 0 spiro atoms. The maximum absolute atomic E-state index is 16.8. The van der Waals surface area contributed by atoms with E-state index in [2.05, 4.69) is 38.5 Å². The molecule has 4 aromatic rings. The SMILES string of the molecule is CCc1c(F)ccc2cc(O)cc(-c3ncc4c(N5CCN(CC)[C@H](C)C5)nc(OC[C@@]56CCCN5C[C@H](F)C6)nc4c3F)c12. The van der Waals surface area contributed by atoms with Gasteiger partial charge in [-0.25, -0.2) is 13.2 Å². The number of alkyl halides is 1. The van der Waals surface area contributed by atoms with E-state index in [9.17, 15) is 13.9 Å². The summed E-state index contributed by atoms with van der Waals surface area (Å²) in [6.07, 6.45) is 3.23. The fourth-order valence-electron chi connectivity index (χ4n) is 7.85. The lowest BCUT2D eigenvalue weighted by molar-refractivity contribution is 0.107. The smallest absolute Gasteiger partial charge is 0.319 e. The van der Waals surface area contributed by atoms with E-state index in [1.807, 2.05) is 6.92 Å². The number of phenolic OH excluding ortho intramolecular Hbond substituents is 1. The zero-order valence-corrected chi connectivity index (χ0v) is 26.0. The quantitative estimate of drug-likeness (QED) is 0.275. The first kappa shape index (κ1) is 30.0. The van der Waals surface area contributed by atoms with Crippen LogP contribution in [-0.4, -0.2) is 93.5 Å². The second-order valence-electron chi connectivity index (χ2n) is 12.8. The minimum absolute atomic E-state index is 0.0312. The predicted octanol–water partition coefficient (Wildman–Crippen LogP) is 5.88. The van der Waals surface area contributed by atoms with E-state index in [0.29, 0.717) is 60.0 Å². The third-order valence-corrected chi connectivity index (χ3v) is 10.1. The zero-order valence-electron chi connectivity index (χ0n) is 26.0. The number of anilines is 1. The van der Waals surface area contributed by atoms with E-state index < -0.39 is 23.3 Å². The molecule has 2 aromatic heterocycles. The Kier molecular flexibility index (Phi) is 7.72. The number of nitrogens with zero attached hydrogens (tertiary/aromatic N) is 6. The summed E-state index contributed by atoms with van der Waals surface area (Å²) in [6, 6.07) is 6.18. The summed E-state index contributed by atoms with van der Waals surface area (Å²) in [6.45, 7) is 10.7. The number of phenols is 1. The average molecular weight is 621 g/mol. The Morgan fingerprint density at radius 3 is 2.71 bits per heavy atom. The van der Waals surface area contributed by atoms with Gasteiger partial charge in [-0.15, -0.1) is 0 Å². The van der Waals surface area contributed by atoms with Gasteiger partial charge in [-0.05, 0) is 73.8 Å². The summed E-state index contributed by atoms with van der Waals surface area (Å²) in [5.74, 6) is -0.649. The molecular formula is C34H39F3N6O2. The molecule has 0 unspecified atom stereocenters. The van der Waals surface area contributed by atoms with E-state index in [-0.39, 0.29) is 41.2 Å². The van der Waals surface area contributed by atoms with Gasteiger partial charge in [0.05, 0.1) is 10.9 Å². The van der Waals surface area contributed by atoms with E-state index >= 15 is 4.39 Å². The highest BCUT2D eigenvalue weighted by Gasteiger charge is 2.49. The summed E-state index contributed by atoms with van der Waals surface area (Å²) in [7, 11) is 0. The number of aromatic nitrogens is 3. The maximum Gasteiger partial charge on any atom is 0.319 e. The molecular weight excluding hydrogens is 581 g/mol. The van der Waals surface area contributed by atoms with Crippen LogP contribution >= 0.6 is 0 Å². The average Bonchev–Trinajstić information content (AvgIpc) is 3.55. The van der Waals surface area contributed by atoms with Crippen LogP contribution in [0.2, 0.25) is 0 Å². The second-order valence-corrected chi connectivity index (χ2v) is 12.8. The number of piperazine rings is 1. The normalized spacial score (nSPS) is 24.2. The fourth-order valence-corrected chi connectivity index (χ4v) is 7.85. The molecule has 8 nitrogen and oxygen atoms in total. The molecule has 11 heteroatoms. The Labute approximate surface area is 260 Å². The summed E-state index contributed by atoms with van der Waals surface area (Å²) in [5, 5.41) is 12.1. The van der Waals surface area contributed by atoms with Crippen molar-refractivity contribution < 1.29 is 23.0 Å².